The lowest BCUT2D eigenvalue weighted by Gasteiger charge is -2.09. The summed E-state index contributed by atoms with van der Waals surface area (Å²) in [6, 6.07) is 16.4. The molecule has 6 heteroatoms. The summed E-state index contributed by atoms with van der Waals surface area (Å²) in [5.74, 6) is -0.637. The molecule has 5 nitrogen and oxygen atoms in total. The summed E-state index contributed by atoms with van der Waals surface area (Å²) in [6.07, 6.45) is 1.54. The van der Waals surface area contributed by atoms with E-state index in [4.69, 9.17) is 0 Å². The Morgan fingerprint density at radius 2 is 1.67 bits per heavy atom. The van der Waals surface area contributed by atoms with Crippen LogP contribution in [-0.4, -0.2) is 16.7 Å². The first-order valence-corrected chi connectivity index (χ1v) is 8.38. The zero-order chi connectivity index (χ0) is 19.2. The molecule has 0 aliphatic heterocycles. The standard InChI is InChI=1S/C21H18FN3O2/c1-14(26)16-4-8-18(9-5-16)25-19-10-11-23-20(12-19)21(27)24-13-15-2-6-17(22)7-3-15/h2-12H,13H2,1H3,(H,23,25)(H,24,27). The first kappa shape index (κ1) is 18.3. The Balaban J connectivity index is 1.64. The van der Waals surface area contributed by atoms with Gasteiger partial charge in [0, 0.05) is 29.7 Å². The number of ketones is 1. The molecule has 0 bridgehead atoms. The number of benzene rings is 2. The molecule has 0 aliphatic rings. The van der Waals surface area contributed by atoms with E-state index in [1.54, 1.807) is 54.7 Å². The van der Waals surface area contributed by atoms with Gasteiger partial charge < -0.3 is 10.6 Å². The molecule has 0 unspecified atom stereocenters. The van der Waals surface area contributed by atoms with Crippen LogP contribution in [0.2, 0.25) is 0 Å². The second-order valence-corrected chi connectivity index (χ2v) is 6.00. The molecule has 1 amide bonds. The predicted octanol–water partition coefficient (Wildman–Crippen LogP) is 4.10. The summed E-state index contributed by atoms with van der Waals surface area (Å²) in [5, 5.41) is 5.93. The van der Waals surface area contributed by atoms with Gasteiger partial charge in [0.15, 0.2) is 5.78 Å². The van der Waals surface area contributed by atoms with E-state index in [1.807, 2.05) is 0 Å². The Bertz CT molecular complexity index is 954. The van der Waals surface area contributed by atoms with Gasteiger partial charge in [0.05, 0.1) is 0 Å². The minimum atomic E-state index is -0.324. The molecule has 1 heterocycles. The van der Waals surface area contributed by atoms with E-state index in [0.29, 0.717) is 11.3 Å². The number of anilines is 2. The molecular weight excluding hydrogens is 345 g/mol. The van der Waals surface area contributed by atoms with Gasteiger partial charge in [-0.05, 0) is 61.0 Å². The minimum absolute atomic E-state index is 0.00516. The van der Waals surface area contributed by atoms with Crippen LogP contribution in [0.5, 0.6) is 0 Å². The highest BCUT2D eigenvalue weighted by Crippen LogP contribution is 2.17. The fraction of sp³-hybridized carbons (Fsp3) is 0.0952. The van der Waals surface area contributed by atoms with Gasteiger partial charge in [-0.2, -0.15) is 0 Å². The average molecular weight is 363 g/mol. The van der Waals surface area contributed by atoms with Crippen LogP contribution in [0.25, 0.3) is 0 Å². The Labute approximate surface area is 156 Å². The third-order valence-electron chi connectivity index (χ3n) is 3.94. The van der Waals surface area contributed by atoms with E-state index in [9.17, 15) is 14.0 Å². The molecule has 136 valence electrons. The minimum Gasteiger partial charge on any atom is -0.355 e. The summed E-state index contributed by atoms with van der Waals surface area (Å²) >= 11 is 0. The van der Waals surface area contributed by atoms with Crippen LogP contribution in [0, 0.1) is 5.82 Å². The van der Waals surface area contributed by atoms with Crippen molar-refractivity contribution in [1.29, 1.82) is 0 Å². The Morgan fingerprint density at radius 1 is 0.963 bits per heavy atom. The molecule has 0 aliphatic carbocycles. The molecule has 0 atom stereocenters. The lowest BCUT2D eigenvalue weighted by molar-refractivity contribution is 0.0945. The quantitative estimate of drug-likeness (QED) is 0.647. The van der Waals surface area contributed by atoms with Crippen LogP contribution in [-0.2, 0) is 6.54 Å². The van der Waals surface area contributed by atoms with E-state index in [-0.39, 0.29) is 29.7 Å². The third-order valence-corrected chi connectivity index (χ3v) is 3.94. The number of aromatic nitrogens is 1. The Hall–Kier alpha value is -3.54. The summed E-state index contributed by atoms with van der Waals surface area (Å²) in [4.78, 5) is 27.7. The number of nitrogens with zero attached hydrogens (tertiary/aromatic N) is 1. The van der Waals surface area contributed by atoms with Gasteiger partial charge in [-0.15, -0.1) is 0 Å². The molecule has 0 saturated heterocycles. The third kappa shape index (κ3) is 4.98. The van der Waals surface area contributed by atoms with Crippen LogP contribution in [0.15, 0.2) is 66.9 Å². The van der Waals surface area contributed by atoms with Crippen LogP contribution in [0.1, 0.15) is 33.3 Å². The van der Waals surface area contributed by atoms with Crippen molar-refractivity contribution in [3.05, 3.63) is 89.5 Å². The number of rotatable bonds is 6. The van der Waals surface area contributed by atoms with Crippen molar-refractivity contribution >= 4 is 23.1 Å². The molecule has 0 fully saturated rings. The number of amides is 1. The van der Waals surface area contributed by atoms with Crippen molar-refractivity contribution in [2.75, 3.05) is 5.32 Å². The molecule has 0 radical (unpaired) electrons. The molecule has 2 N–H and O–H groups in total. The summed E-state index contributed by atoms with van der Waals surface area (Å²) in [5.41, 5.74) is 3.19. The van der Waals surface area contributed by atoms with E-state index < -0.39 is 0 Å². The molecule has 27 heavy (non-hydrogen) atoms. The second kappa shape index (κ2) is 8.23. The molecular formula is C21H18FN3O2. The smallest absolute Gasteiger partial charge is 0.270 e. The van der Waals surface area contributed by atoms with Gasteiger partial charge in [-0.25, -0.2) is 4.39 Å². The summed E-state index contributed by atoms with van der Waals surface area (Å²) in [7, 11) is 0. The van der Waals surface area contributed by atoms with Crippen LogP contribution in [0.3, 0.4) is 0 Å². The van der Waals surface area contributed by atoms with Gasteiger partial charge in [0.25, 0.3) is 5.91 Å². The molecule has 0 saturated carbocycles. The first-order valence-electron chi connectivity index (χ1n) is 8.38. The molecule has 1 aromatic heterocycles. The van der Waals surface area contributed by atoms with Gasteiger partial charge in [-0.1, -0.05) is 12.1 Å². The monoisotopic (exact) mass is 363 g/mol. The highest BCUT2D eigenvalue weighted by Gasteiger charge is 2.08. The highest BCUT2D eigenvalue weighted by molar-refractivity contribution is 5.94. The zero-order valence-corrected chi connectivity index (χ0v) is 14.7. The highest BCUT2D eigenvalue weighted by atomic mass is 19.1. The molecule has 0 spiro atoms. The maximum Gasteiger partial charge on any atom is 0.270 e. The van der Waals surface area contributed by atoms with Crippen molar-refractivity contribution in [2.45, 2.75) is 13.5 Å². The number of hydrogen-bond donors (Lipinski definition) is 2. The van der Waals surface area contributed by atoms with E-state index >= 15 is 0 Å². The van der Waals surface area contributed by atoms with Crippen molar-refractivity contribution in [3.63, 3.8) is 0 Å². The Kier molecular flexibility index (Phi) is 5.56. The number of carbonyl (C=O) groups excluding carboxylic acids is 2. The number of Topliss-reactive ketones (excluding diaryl/α,β-unsaturated/α-hetero) is 1. The summed E-state index contributed by atoms with van der Waals surface area (Å²) in [6.45, 7) is 1.80. The molecule has 3 rings (SSSR count). The first-order chi connectivity index (χ1) is 13.0. The van der Waals surface area contributed by atoms with Gasteiger partial charge >= 0.3 is 0 Å². The molecule has 2 aromatic carbocycles. The average Bonchev–Trinajstić information content (AvgIpc) is 2.68. The van der Waals surface area contributed by atoms with Crippen molar-refractivity contribution in [3.8, 4) is 0 Å². The maximum atomic E-state index is 12.9. The van der Waals surface area contributed by atoms with Crippen LogP contribution < -0.4 is 10.6 Å². The van der Waals surface area contributed by atoms with Crippen LogP contribution in [0.4, 0.5) is 15.8 Å². The van der Waals surface area contributed by atoms with E-state index in [2.05, 4.69) is 15.6 Å². The van der Waals surface area contributed by atoms with Gasteiger partial charge in [0.2, 0.25) is 0 Å². The number of carbonyl (C=O) groups is 2. The van der Waals surface area contributed by atoms with E-state index in [1.165, 1.54) is 19.1 Å². The maximum absolute atomic E-state index is 12.9. The van der Waals surface area contributed by atoms with Crippen LogP contribution >= 0.6 is 0 Å². The lowest BCUT2D eigenvalue weighted by Crippen LogP contribution is -2.23. The van der Waals surface area contributed by atoms with Crippen molar-refractivity contribution < 1.29 is 14.0 Å². The number of pyridine rings is 1. The normalized spacial score (nSPS) is 10.3. The number of nitrogens with one attached hydrogen (secondary N) is 2. The topological polar surface area (TPSA) is 71.1 Å². The van der Waals surface area contributed by atoms with Gasteiger partial charge in [0.1, 0.15) is 11.5 Å². The van der Waals surface area contributed by atoms with Gasteiger partial charge in [-0.3, -0.25) is 14.6 Å². The fourth-order valence-electron chi connectivity index (χ4n) is 2.46. The summed E-state index contributed by atoms with van der Waals surface area (Å²) < 4.78 is 12.9. The number of halogens is 1. The SMILES string of the molecule is CC(=O)c1ccc(Nc2ccnc(C(=O)NCc3ccc(F)cc3)c2)cc1. The molecule has 3 aromatic rings. The largest absolute Gasteiger partial charge is 0.355 e. The van der Waals surface area contributed by atoms with Crippen molar-refractivity contribution in [2.24, 2.45) is 0 Å². The number of hydrogen-bond acceptors (Lipinski definition) is 4. The second-order valence-electron chi connectivity index (χ2n) is 6.00. The van der Waals surface area contributed by atoms with Crippen molar-refractivity contribution in [1.82, 2.24) is 10.3 Å². The van der Waals surface area contributed by atoms with E-state index in [0.717, 1.165) is 11.3 Å². The fourth-order valence-corrected chi connectivity index (χ4v) is 2.46. The lowest BCUT2D eigenvalue weighted by atomic mass is 10.1. The zero-order valence-electron chi connectivity index (χ0n) is 14.7. The Morgan fingerprint density at radius 3 is 2.33 bits per heavy atom. The predicted molar refractivity (Wildman–Crippen MR) is 102 cm³/mol.